The number of nitrogens with one attached hydrogen (secondary N) is 1. The lowest BCUT2D eigenvalue weighted by molar-refractivity contribution is -0.116. The van der Waals surface area contributed by atoms with Gasteiger partial charge < -0.3 is 15.6 Å². The molecule has 2 aromatic rings. The number of amides is 2. The fourth-order valence-corrected chi connectivity index (χ4v) is 2.13. The standard InChI is InChI=1S/C11H9N3O2/c12-11(16)8-4-6-2-1-3-7-10(6)14(8)5-9(15)13-7/h1-4H,5H2,(H2,12,16)(H,13,15). The maximum atomic E-state index is 11.5. The van der Waals surface area contributed by atoms with Crippen molar-refractivity contribution in [2.45, 2.75) is 6.54 Å². The van der Waals surface area contributed by atoms with Gasteiger partial charge in [-0.2, -0.15) is 0 Å². The van der Waals surface area contributed by atoms with E-state index in [9.17, 15) is 9.59 Å². The Labute approximate surface area is 90.8 Å². The van der Waals surface area contributed by atoms with Crippen LogP contribution in [0.5, 0.6) is 0 Å². The van der Waals surface area contributed by atoms with E-state index >= 15 is 0 Å². The van der Waals surface area contributed by atoms with Crippen molar-refractivity contribution in [1.82, 2.24) is 4.57 Å². The lowest BCUT2D eigenvalue weighted by atomic mass is 10.2. The van der Waals surface area contributed by atoms with Gasteiger partial charge in [-0.05, 0) is 12.1 Å². The zero-order valence-corrected chi connectivity index (χ0v) is 8.36. The second-order valence-electron chi connectivity index (χ2n) is 3.77. The van der Waals surface area contributed by atoms with E-state index in [1.807, 2.05) is 12.1 Å². The Hall–Kier alpha value is -2.30. The molecule has 0 bridgehead atoms. The molecular formula is C11H9N3O2. The van der Waals surface area contributed by atoms with Crippen LogP contribution in [0.1, 0.15) is 10.5 Å². The number of carbonyl (C=O) groups excluding carboxylic acids is 2. The Kier molecular flexibility index (Phi) is 1.60. The topological polar surface area (TPSA) is 77.1 Å². The summed E-state index contributed by atoms with van der Waals surface area (Å²) in [5.74, 6) is -0.657. The quantitative estimate of drug-likeness (QED) is 0.734. The highest BCUT2D eigenvalue weighted by molar-refractivity contribution is 6.08. The summed E-state index contributed by atoms with van der Waals surface area (Å²) in [4.78, 5) is 22.7. The molecule has 0 spiro atoms. The molecular weight excluding hydrogens is 206 g/mol. The van der Waals surface area contributed by atoms with E-state index in [2.05, 4.69) is 5.32 Å². The Morgan fingerprint density at radius 1 is 1.44 bits per heavy atom. The zero-order chi connectivity index (χ0) is 11.3. The summed E-state index contributed by atoms with van der Waals surface area (Å²) in [5.41, 5.74) is 7.24. The largest absolute Gasteiger partial charge is 0.364 e. The van der Waals surface area contributed by atoms with E-state index in [4.69, 9.17) is 5.73 Å². The number of primary amides is 1. The number of nitrogens with zero attached hydrogens (tertiary/aromatic N) is 1. The van der Waals surface area contributed by atoms with Crippen LogP contribution in [0.3, 0.4) is 0 Å². The number of para-hydroxylation sites is 1. The van der Waals surface area contributed by atoms with Crippen LogP contribution < -0.4 is 11.1 Å². The first-order valence-corrected chi connectivity index (χ1v) is 4.89. The van der Waals surface area contributed by atoms with Gasteiger partial charge in [-0.1, -0.05) is 12.1 Å². The minimum absolute atomic E-state index is 0.138. The summed E-state index contributed by atoms with van der Waals surface area (Å²) in [6, 6.07) is 7.24. The van der Waals surface area contributed by atoms with E-state index in [1.165, 1.54) is 0 Å². The first-order valence-electron chi connectivity index (χ1n) is 4.89. The third kappa shape index (κ3) is 1.05. The molecule has 0 saturated heterocycles. The molecule has 1 aliphatic heterocycles. The second kappa shape index (κ2) is 2.85. The molecule has 0 atom stereocenters. The van der Waals surface area contributed by atoms with Gasteiger partial charge in [0.1, 0.15) is 12.2 Å². The maximum absolute atomic E-state index is 11.5. The normalized spacial score (nSPS) is 13.9. The van der Waals surface area contributed by atoms with E-state index in [-0.39, 0.29) is 12.5 Å². The fourth-order valence-electron chi connectivity index (χ4n) is 2.13. The SMILES string of the molecule is NC(=O)c1cc2cccc3c2n1CC(=O)N3. The Balaban J connectivity index is 2.43. The third-order valence-electron chi connectivity index (χ3n) is 2.75. The van der Waals surface area contributed by atoms with Gasteiger partial charge in [-0.25, -0.2) is 0 Å². The summed E-state index contributed by atoms with van der Waals surface area (Å²) in [6.45, 7) is 0.138. The molecule has 3 N–H and O–H groups in total. The van der Waals surface area contributed by atoms with Gasteiger partial charge in [-0.3, -0.25) is 9.59 Å². The molecule has 5 heteroatoms. The molecule has 0 unspecified atom stereocenters. The summed E-state index contributed by atoms with van der Waals surface area (Å²) in [5, 5.41) is 3.67. The molecule has 0 radical (unpaired) electrons. The van der Waals surface area contributed by atoms with Crippen LogP contribution in [0.4, 0.5) is 5.69 Å². The van der Waals surface area contributed by atoms with Gasteiger partial charge in [-0.15, -0.1) is 0 Å². The Bertz CT molecular complexity index is 627. The third-order valence-corrected chi connectivity index (χ3v) is 2.75. The maximum Gasteiger partial charge on any atom is 0.265 e. The van der Waals surface area contributed by atoms with Crippen LogP contribution in [0.25, 0.3) is 10.9 Å². The molecule has 16 heavy (non-hydrogen) atoms. The number of hydrogen-bond donors (Lipinski definition) is 2. The van der Waals surface area contributed by atoms with Gasteiger partial charge in [0, 0.05) is 5.39 Å². The van der Waals surface area contributed by atoms with E-state index in [0.29, 0.717) is 5.69 Å². The number of carbonyl (C=O) groups is 2. The summed E-state index contributed by atoms with van der Waals surface area (Å²) in [6.07, 6.45) is 0. The first-order chi connectivity index (χ1) is 7.66. The summed E-state index contributed by atoms with van der Waals surface area (Å²) < 4.78 is 1.66. The van der Waals surface area contributed by atoms with Crippen molar-refractivity contribution in [3.63, 3.8) is 0 Å². The predicted octanol–water partition coefficient (Wildman–Crippen LogP) is 0.692. The highest BCUT2D eigenvalue weighted by Crippen LogP contribution is 2.29. The monoisotopic (exact) mass is 215 g/mol. The molecule has 0 aliphatic carbocycles. The number of benzene rings is 1. The van der Waals surface area contributed by atoms with Gasteiger partial charge in [0.05, 0.1) is 11.2 Å². The van der Waals surface area contributed by atoms with Crippen molar-refractivity contribution in [2.24, 2.45) is 5.73 Å². The molecule has 80 valence electrons. The van der Waals surface area contributed by atoms with Crippen LogP contribution in [0.2, 0.25) is 0 Å². The minimum atomic E-state index is -0.517. The molecule has 5 nitrogen and oxygen atoms in total. The number of rotatable bonds is 1. The van der Waals surface area contributed by atoms with Gasteiger partial charge >= 0.3 is 0 Å². The molecule has 0 fully saturated rings. The van der Waals surface area contributed by atoms with Crippen LogP contribution in [0, 0.1) is 0 Å². The molecule has 2 amide bonds. The Morgan fingerprint density at radius 3 is 3.00 bits per heavy atom. The number of anilines is 1. The summed E-state index contributed by atoms with van der Waals surface area (Å²) in [7, 11) is 0. The Morgan fingerprint density at radius 2 is 2.25 bits per heavy atom. The number of nitrogens with two attached hydrogens (primary N) is 1. The second-order valence-corrected chi connectivity index (χ2v) is 3.77. The number of aromatic nitrogens is 1. The predicted molar refractivity (Wildman–Crippen MR) is 59.1 cm³/mol. The van der Waals surface area contributed by atoms with Crippen molar-refractivity contribution in [2.75, 3.05) is 5.32 Å². The van der Waals surface area contributed by atoms with Gasteiger partial charge in [0.15, 0.2) is 0 Å². The molecule has 3 rings (SSSR count). The lowest BCUT2D eigenvalue weighted by Crippen LogP contribution is -2.27. The molecule has 1 aromatic heterocycles. The van der Waals surface area contributed by atoms with Crippen molar-refractivity contribution in [1.29, 1.82) is 0 Å². The highest BCUT2D eigenvalue weighted by Gasteiger charge is 2.22. The first kappa shape index (κ1) is 8.96. The van der Waals surface area contributed by atoms with Crippen LogP contribution in [-0.2, 0) is 11.3 Å². The smallest absolute Gasteiger partial charge is 0.265 e. The highest BCUT2D eigenvalue weighted by atomic mass is 16.2. The molecule has 1 aliphatic rings. The van der Waals surface area contributed by atoms with Gasteiger partial charge in [0.2, 0.25) is 5.91 Å². The molecule has 0 saturated carbocycles. The lowest BCUT2D eigenvalue weighted by Gasteiger charge is -2.17. The van der Waals surface area contributed by atoms with E-state index < -0.39 is 5.91 Å². The average molecular weight is 215 g/mol. The minimum Gasteiger partial charge on any atom is -0.364 e. The fraction of sp³-hybridized carbons (Fsp3) is 0.0909. The van der Waals surface area contributed by atoms with Crippen molar-refractivity contribution in [3.8, 4) is 0 Å². The zero-order valence-electron chi connectivity index (χ0n) is 8.36. The molecule has 2 heterocycles. The van der Waals surface area contributed by atoms with Crippen LogP contribution in [-0.4, -0.2) is 16.4 Å². The van der Waals surface area contributed by atoms with Crippen molar-refractivity contribution >= 4 is 28.4 Å². The number of hydrogen-bond acceptors (Lipinski definition) is 2. The average Bonchev–Trinajstić information content (AvgIpc) is 2.59. The van der Waals surface area contributed by atoms with Crippen LogP contribution >= 0.6 is 0 Å². The van der Waals surface area contributed by atoms with E-state index in [1.54, 1.807) is 16.7 Å². The van der Waals surface area contributed by atoms with Crippen molar-refractivity contribution < 1.29 is 9.59 Å². The van der Waals surface area contributed by atoms with E-state index in [0.717, 1.165) is 16.6 Å². The van der Waals surface area contributed by atoms with Crippen LogP contribution in [0.15, 0.2) is 24.3 Å². The van der Waals surface area contributed by atoms with Gasteiger partial charge in [0.25, 0.3) is 5.91 Å². The van der Waals surface area contributed by atoms with Crippen molar-refractivity contribution in [3.05, 3.63) is 30.0 Å². The molecule has 1 aromatic carbocycles. The summed E-state index contributed by atoms with van der Waals surface area (Å²) >= 11 is 0.